The van der Waals surface area contributed by atoms with Gasteiger partial charge in [-0.05, 0) is 54.9 Å². The minimum Gasteiger partial charge on any atom is -0.497 e. The van der Waals surface area contributed by atoms with Crippen LogP contribution >= 0.6 is 0 Å². The second kappa shape index (κ2) is 21.5. The van der Waals surface area contributed by atoms with Crippen molar-refractivity contribution >= 4 is 71.4 Å². The molecular formula is C43H54F6N4O16S2Si2. The number of fused-ring (bicyclic) bond motifs is 4. The summed E-state index contributed by atoms with van der Waals surface area (Å²) < 4.78 is 175. The number of alkyl halides is 6. The van der Waals surface area contributed by atoms with Crippen molar-refractivity contribution < 1.29 is 99.1 Å². The second-order valence-electron chi connectivity index (χ2n) is 19.3. The minimum absolute atomic E-state index is 0.00108. The minimum atomic E-state index is -6.47. The Morgan fingerprint density at radius 1 is 0.562 bits per heavy atom. The number of amides is 4. The third kappa shape index (κ3) is 12.6. The van der Waals surface area contributed by atoms with Crippen LogP contribution in [0, 0.1) is 0 Å². The maximum atomic E-state index is 14.6. The number of rotatable bonds is 22. The third-order valence-electron chi connectivity index (χ3n) is 11.5. The summed E-state index contributed by atoms with van der Waals surface area (Å²) in [6.45, 7) is 10.3. The van der Waals surface area contributed by atoms with Gasteiger partial charge in [-0.3, -0.25) is 38.8 Å². The summed E-state index contributed by atoms with van der Waals surface area (Å²) >= 11 is 0. The van der Waals surface area contributed by atoms with E-state index in [1.54, 1.807) is 0 Å². The molecule has 0 saturated carbocycles. The van der Waals surface area contributed by atoms with E-state index >= 15 is 0 Å². The van der Waals surface area contributed by atoms with E-state index in [1.807, 2.05) is 0 Å². The van der Waals surface area contributed by atoms with E-state index in [2.05, 4.69) is 47.6 Å². The van der Waals surface area contributed by atoms with Crippen LogP contribution in [0.2, 0.25) is 51.4 Å². The SMILES string of the molecule is COc1ccc2c(c1)C(=O)N1C=C(OS(=O)(=O)C(F)(F)F)C(OCCCOC3C(OS(=O)(=O)C(F)(F)F)=CN4C(=O)c5cc(OC)ccc5N(COCC[Si](C)(C)C)C(=O)[C@H]34)C1C(=O)N2COCC[Si](C)(C)C. The van der Waals surface area contributed by atoms with Crippen LogP contribution in [-0.4, -0.2) is 156 Å². The molecule has 30 heteroatoms. The second-order valence-corrected chi connectivity index (χ2v) is 33.6. The van der Waals surface area contributed by atoms with Crippen molar-refractivity contribution in [3.8, 4) is 11.5 Å². The molecule has 2 aromatic rings. The molecular weight excluding hydrogens is 1060 g/mol. The van der Waals surface area contributed by atoms with Gasteiger partial charge < -0.3 is 36.8 Å². The first-order chi connectivity index (χ1) is 33.8. The lowest BCUT2D eigenvalue weighted by atomic mass is 10.1. The normalized spacial score (nSPS) is 20.7. The van der Waals surface area contributed by atoms with Crippen LogP contribution < -0.4 is 19.3 Å². The molecule has 4 heterocycles. The van der Waals surface area contributed by atoms with Crippen LogP contribution in [0.1, 0.15) is 27.1 Å². The molecule has 0 radical (unpaired) electrons. The molecule has 4 aliphatic rings. The van der Waals surface area contributed by atoms with Gasteiger partial charge >= 0.3 is 31.3 Å². The summed E-state index contributed by atoms with van der Waals surface area (Å²) in [5.41, 5.74) is -12.4. The average Bonchev–Trinajstić information content (AvgIpc) is 3.78. The molecule has 4 amide bonds. The van der Waals surface area contributed by atoms with Gasteiger partial charge in [0.1, 0.15) is 49.3 Å². The summed E-state index contributed by atoms with van der Waals surface area (Å²) in [4.78, 5) is 61.0. The number of nitrogens with zero attached hydrogens (tertiary/aromatic N) is 4. The molecule has 0 bridgehead atoms. The van der Waals surface area contributed by atoms with Crippen molar-refractivity contribution in [2.75, 3.05) is 63.9 Å². The number of carbonyl (C=O) groups excluding carboxylic acids is 4. The van der Waals surface area contributed by atoms with Gasteiger partial charge in [-0.2, -0.15) is 43.2 Å². The van der Waals surface area contributed by atoms with E-state index in [0.717, 1.165) is 9.80 Å². The van der Waals surface area contributed by atoms with E-state index in [9.17, 15) is 62.4 Å². The van der Waals surface area contributed by atoms with Crippen molar-refractivity contribution in [3.63, 3.8) is 0 Å². The standard InChI is InChI=1S/C43H54F6N4O16S2Si2/c1-62-26-10-12-30-28(20-26)38(54)50-22-32(68-70(58,59)42(44,45)46)36(34(50)40(56)52(30)24-64-16-18-72(3,4)5)66-14-9-15-67-37-33(69-71(60,61)43(47,48)49)23-51-35(37)41(57)53(25-65-17-19-73(6,7)8)31-13-11-27(63-2)21-29(31)39(51)55/h10-13,20-23,34-37H,9,14-19,24-25H2,1-8H3/t34-,35?,36?,37?/m0/s1. The van der Waals surface area contributed by atoms with Crippen molar-refractivity contribution in [1.82, 2.24) is 9.80 Å². The molecule has 73 heavy (non-hydrogen) atoms. The lowest BCUT2D eigenvalue weighted by molar-refractivity contribution is -0.127. The number of anilines is 2. The summed E-state index contributed by atoms with van der Waals surface area (Å²) in [5, 5.41) is 0. The number of benzene rings is 2. The zero-order valence-corrected chi connectivity index (χ0v) is 44.3. The lowest BCUT2D eigenvalue weighted by Crippen LogP contribution is -2.51. The number of hydrogen-bond acceptors (Lipinski definition) is 16. The van der Waals surface area contributed by atoms with Gasteiger partial charge in [-0.15, -0.1) is 0 Å². The molecule has 2 aromatic carbocycles. The van der Waals surface area contributed by atoms with E-state index < -0.39 is 140 Å². The monoisotopic (exact) mass is 1120 g/mol. The van der Waals surface area contributed by atoms with Gasteiger partial charge in [0.15, 0.2) is 11.5 Å². The van der Waals surface area contributed by atoms with Crippen LogP contribution in [-0.2, 0) is 57.1 Å². The first-order valence-corrected chi connectivity index (χ1v) is 32.5. The van der Waals surface area contributed by atoms with E-state index in [-0.39, 0.29) is 47.2 Å². The summed E-state index contributed by atoms with van der Waals surface area (Å²) in [5.74, 6) is -6.10. The molecule has 0 fully saturated rings. The Labute approximate surface area is 418 Å². The van der Waals surface area contributed by atoms with Crippen molar-refractivity contribution in [3.05, 3.63) is 71.4 Å². The predicted molar refractivity (Wildman–Crippen MR) is 251 cm³/mol. The fourth-order valence-electron chi connectivity index (χ4n) is 7.63. The first-order valence-electron chi connectivity index (χ1n) is 22.3. The number of hydrogen-bond donors (Lipinski definition) is 0. The maximum Gasteiger partial charge on any atom is 0.534 e. The smallest absolute Gasteiger partial charge is 0.497 e. The van der Waals surface area contributed by atoms with Crippen LogP contribution in [0.4, 0.5) is 37.7 Å². The highest BCUT2D eigenvalue weighted by molar-refractivity contribution is 7.88. The molecule has 404 valence electrons. The Morgan fingerprint density at radius 2 is 0.918 bits per heavy atom. The number of carbonyl (C=O) groups is 4. The highest BCUT2D eigenvalue weighted by atomic mass is 32.2. The number of ether oxygens (including phenoxy) is 6. The third-order valence-corrected chi connectivity index (χ3v) is 16.9. The molecule has 0 aliphatic carbocycles. The molecule has 0 spiro atoms. The Bertz CT molecular complexity index is 2570. The summed E-state index contributed by atoms with van der Waals surface area (Å²) in [6, 6.07) is 5.49. The van der Waals surface area contributed by atoms with Gasteiger partial charge in [0, 0.05) is 42.6 Å². The number of halogens is 6. The quantitative estimate of drug-likeness (QED) is 0.0437. The van der Waals surface area contributed by atoms with Gasteiger partial charge in [-0.25, -0.2) is 0 Å². The highest BCUT2D eigenvalue weighted by Crippen LogP contribution is 2.42. The Morgan fingerprint density at radius 3 is 1.23 bits per heavy atom. The van der Waals surface area contributed by atoms with Crippen molar-refractivity contribution in [1.29, 1.82) is 0 Å². The Hall–Kier alpha value is -5.25. The zero-order chi connectivity index (χ0) is 54.2. The predicted octanol–water partition coefficient (Wildman–Crippen LogP) is 5.95. The van der Waals surface area contributed by atoms with Crippen LogP contribution in [0.3, 0.4) is 0 Å². The fraction of sp³-hybridized carbons (Fsp3) is 0.535. The Kier molecular flexibility index (Phi) is 16.8. The van der Waals surface area contributed by atoms with Crippen LogP contribution in [0.5, 0.6) is 11.5 Å². The largest absolute Gasteiger partial charge is 0.534 e. The Balaban J connectivity index is 1.31. The fourth-order valence-corrected chi connectivity index (χ4v) is 10.1. The molecule has 0 N–H and O–H groups in total. The maximum absolute atomic E-state index is 14.6. The average molecular weight is 1120 g/mol. The van der Waals surface area contributed by atoms with E-state index in [4.69, 9.17) is 28.4 Å². The summed E-state index contributed by atoms with van der Waals surface area (Å²) in [6.07, 6.45) is -3.52. The lowest BCUT2D eigenvalue weighted by Gasteiger charge is -2.30. The van der Waals surface area contributed by atoms with Gasteiger partial charge in [0.05, 0.1) is 49.1 Å². The van der Waals surface area contributed by atoms with Crippen LogP contribution in [0.25, 0.3) is 0 Å². The topological polar surface area (TPSA) is 223 Å². The van der Waals surface area contributed by atoms with Crippen LogP contribution in [0.15, 0.2) is 60.3 Å². The van der Waals surface area contributed by atoms with Gasteiger partial charge in [-0.1, -0.05) is 39.3 Å². The first kappa shape index (κ1) is 57.0. The van der Waals surface area contributed by atoms with Gasteiger partial charge in [0.25, 0.3) is 23.6 Å². The molecule has 3 unspecified atom stereocenters. The molecule has 4 aliphatic heterocycles. The highest BCUT2D eigenvalue weighted by Gasteiger charge is 2.57. The molecule has 4 atom stereocenters. The van der Waals surface area contributed by atoms with E-state index in [0.29, 0.717) is 34.3 Å². The zero-order valence-electron chi connectivity index (χ0n) is 40.7. The molecule has 0 saturated heterocycles. The number of methoxy groups -OCH3 is 2. The van der Waals surface area contributed by atoms with Gasteiger partial charge in [0.2, 0.25) is 0 Å². The summed E-state index contributed by atoms with van der Waals surface area (Å²) in [7, 11) is -13.7. The van der Waals surface area contributed by atoms with Crippen molar-refractivity contribution in [2.24, 2.45) is 0 Å². The molecule has 0 aromatic heterocycles. The molecule has 20 nitrogen and oxygen atoms in total. The molecule has 6 rings (SSSR count). The van der Waals surface area contributed by atoms with Crippen molar-refractivity contribution in [2.45, 2.75) is 93.1 Å². The van der Waals surface area contributed by atoms with E-state index in [1.165, 1.54) is 50.6 Å².